The molecular formula is C18H21N3O8S. The van der Waals surface area contributed by atoms with Gasteiger partial charge in [-0.15, -0.1) is 0 Å². The summed E-state index contributed by atoms with van der Waals surface area (Å²) in [5.74, 6) is -0.989. The van der Waals surface area contributed by atoms with Crippen molar-refractivity contribution in [3.63, 3.8) is 0 Å². The highest BCUT2D eigenvalue weighted by atomic mass is 32.2. The first-order valence-electron chi connectivity index (χ1n) is 9.21. The third-order valence-corrected chi connectivity index (χ3v) is 6.10. The standard InChI is InChI=1S/C18H21N3O8S/c1-10-4-6-11(7-5-10)30(24,25)26-9-12-14-15(29-18(2,3)28-14)16(27-12)21-17(23)20-13(22)8-19-21/h4-8,12,14-16H,9H2,1-3H3,(H,20,22,23)/t12-,14-,15-,16-/m1/s1. The van der Waals surface area contributed by atoms with Crippen molar-refractivity contribution < 1.29 is 26.8 Å². The SMILES string of the molecule is Cc1ccc(S(=O)(=O)OC[C@H]2O[C@@H](n3ncc(=O)[nH]c3=O)[C@@H]3OC(C)(C)O[C@@H]32)cc1. The van der Waals surface area contributed by atoms with E-state index in [1.54, 1.807) is 26.0 Å². The molecule has 0 aliphatic carbocycles. The van der Waals surface area contributed by atoms with E-state index in [4.69, 9.17) is 18.4 Å². The summed E-state index contributed by atoms with van der Waals surface area (Å²) in [6, 6.07) is 6.24. The van der Waals surface area contributed by atoms with E-state index in [1.165, 1.54) is 12.1 Å². The van der Waals surface area contributed by atoms with E-state index in [2.05, 4.69) is 10.1 Å². The van der Waals surface area contributed by atoms with Crippen molar-refractivity contribution in [3.8, 4) is 0 Å². The Hall–Kier alpha value is -2.38. The van der Waals surface area contributed by atoms with Crippen LogP contribution >= 0.6 is 0 Å². The van der Waals surface area contributed by atoms with Crippen LogP contribution in [0.4, 0.5) is 0 Å². The molecule has 11 nitrogen and oxygen atoms in total. The summed E-state index contributed by atoms with van der Waals surface area (Å²) in [6.45, 7) is 4.86. The fourth-order valence-corrected chi connectivity index (χ4v) is 4.38. The molecule has 3 heterocycles. The molecule has 4 rings (SSSR count). The van der Waals surface area contributed by atoms with Crippen molar-refractivity contribution in [2.24, 2.45) is 0 Å². The second kappa shape index (κ2) is 7.39. The number of hydrogen-bond donors (Lipinski definition) is 1. The van der Waals surface area contributed by atoms with Gasteiger partial charge in [-0.05, 0) is 32.9 Å². The van der Waals surface area contributed by atoms with Gasteiger partial charge in [0.1, 0.15) is 24.5 Å². The topological polar surface area (TPSA) is 139 Å². The number of nitrogens with zero attached hydrogens (tertiary/aromatic N) is 2. The van der Waals surface area contributed by atoms with Gasteiger partial charge in [0.15, 0.2) is 12.0 Å². The lowest BCUT2D eigenvalue weighted by Gasteiger charge is -2.24. The predicted molar refractivity (Wildman–Crippen MR) is 101 cm³/mol. The summed E-state index contributed by atoms with van der Waals surface area (Å²) < 4.78 is 48.6. The predicted octanol–water partition coefficient (Wildman–Crippen LogP) is 0.0630. The highest BCUT2D eigenvalue weighted by Crippen LogP contribution is 2.42. The fourth-order valence-electron chi connectivity index (χ4n) is 3.46. The largest absolute Gasteiger partial charge is 0.347 e. The number of nitrogens with one attached hydrogen (secondary N) is 1. The number of ether oxygens (including phenoxy) is 3. The summed E-state index contributed by atoms with van der Waals surface area (Å²) in [4.78, 5) is 25.6. The summed E-state index contributed by atoms with van der Waals surface area (Å²) in [7, 11) is -4.03. The fraction of sp³-hybridized carbons (Fsp3) is 0.500. The molecule has 162 valence electrons. The van der Waals surface area contributed by atoms with Crippen LogP contribution in [-0.2, 0) is 28.5 Å². The number of rotatable bonds is 5. The molecule has 1 aromatic carbocycles. The van der Waals surface area contributed by atoms with Crippen molar-refractivity contribution >= 4 is 10.1 Å². The second-order valence-corrected chi connectivity index (χ2v) is 9.18. The van der Waals surface area contributed by atoms with Gasteiger partial charge in [-0.3, -0.25) is 14.0 Å². The molecule has 0 bridgehead atoms. The van der Waals surface area contributed by atoms with Crippen LogP contribution in [0.2, 0.25) is 0 Å². The van der Waals surface area contributed by atoms with E-state index in [9.17, 15) is 18.0 Å². The van der Waals surface area contributed by atoms with E-state index >= 15 is 0 Å². The number of aromatic nitrogens is 3. The summed E-state index contributed by atoms with van der Waals surface area (Å²) >= 11 is 0. The van der Waals surface area contributed by atoms with Gasteiger partial charge >= 0.3 is 5.69 Å². The molecule has 0 radical (unpaired) electrons. The molecule has 0 saturated carbocycles. The minimum atomic E-state index is -4.03. The lowest BCUT2D eigenvalue weighted by molar-refractivity contribution is -0.201. The van der Waals surface area contributed by atoms with Crippen molar-refractivity contribution in [2.75, 3.05) is 6.61 Å². The van der Waals surface area contributed by atoms with Gasteiger partial charge in [0.25, 0.3) is 15.7 Å². The Balaban J connectivity index is 1.57. The van der Waals surface area contributed by atoms with Gasteiger partial charge in [0, 0.05) is 0 Å². The Morgan fingerprint density at radius 3 is 2.50 bits per heavy atom. The lowest BCUT2D eigenvalue weighted by Crippen LogP contribution is -2.39. The molecule has 2 aliphatic rings. The van der Waals surface area contributed by atoms with Crippen LogP contribution in [0.15, 0.2) is 44.9 Å². The zero-order valence-electron chi connectivity index (χ0n) is 16.5. The average molecular weight is 439 g/mol. The lowest BCUT2D eigenvalue weighted by atomic mass is 10.1. The summed E-state index contributed by atoms with van der Waals surface area (Å²) in [5.41, 5.74) is -0.525. The van der Waals surface area contributed by atoms with Crippen LogP contribution in [0.3, 0.4) is 0 Å². The van der Waals surface area contributed by atoms with Crippen LogP contribution in [0.1, 0.15) is 25.6 Å². The Labute approximate surface area is 171 Å². The Kier molecular flexibility index (Phi) is 5.14. The van der Waals surface area contributed by atoms with Crippen molar-refractivity contribution in [2.45, 2.75) is 56.0 Å². The monoisotopic (exact) mass is 439 g/mol. The van der Waals surface area contributed by atoms with E-state index in [0.29, 0.717) is 0 Å². The zero-order valence-corrected chi connectivity index (χ0v) is 17.3. The average Bonchev–Trinajstić information content (AvgIpc) is 3.14. The maximum absolute atomic E-state index is 12.5. The Bertz CT molecular complexity index is 1150. The van der Waals surface area contributed by atoms with Crippen LogP contribution in [-0.4, -0.2) is 53.9 Å². The first-order valence-corrected chi connectivity index (χ1v) is 10.6. The number of benzene rings is 1. The van der Waals surface area contributed by atoms with Crippen molar-refractivity contribution in [3.05, 3.63) is 56.9 Å². The third-order valence-electron chi connectivity index (χ3n) is 4.80. The van der Waals surface area contributed by atoms with Crippen molar-refractivity contribution in [1.29, 1.82) is 0 Å². The maximum Gasteiger partial charge on any atom is 0.347 e. The molecule has 2 fully saturated rings. The number of H-pyrrole nitrogens is 1. The van der Waals surface area contributed by atoms with Gasteiger partial charge in [0.2, 0.25) is 0 Å². The normalized spacial score (nSPS) is 27.8. The molecule has 2 saturated heterocycles. The van der Waals surface area contributed by atoms with Crippen LogP contribution < -0.4 is 11.2 Å². The summed E-state index contributed by atoms with van der Waals surface area (Å²) in [6.07, 6.45) is -2.42. The van der Waals surface area contributed by atoms with Gasteiger partial charge in [-0.25, -0.2) is 4.79 Å². The first kappa shape index (κ1) is 20.9. The third kappa shape index (κ3) is 3.96. The zero-order chi connectivity index (χ0) is 21.7. The molecule has 2 aromatic rings. The van der Waals surface area contributed by atoms with Gasteiger partial charge < -0.3 is 14.2 Å². The molecule has 0 unspecified atom stereocenters. The minimum Gasteiger partial charge on any atom is -0.345 e. The number of fused-ring (bicyclic) bond motifs is 1. The first-order chi connectivity index (χ1) is 14.1. The van der Waals surface area contributed by atoms with E-state index < -0.39 is 51.7 Å². The van der Waals surface area contributed by atoms with E-state index in [0.717, 1.165) is 16.4 Å². The van der Waals surface area contributed by atoms with E-state index in [1.807, 2.05) is 6.92 Å². The molecule has 4 atom stereocenters. The number of aryl methyl sites for hydroxylation is 1. The number of hydrogen-bond acceptors (Lipinski definition) is 9. The Morgan fingerprint density at radius 1 is 1.17 bits per heavy atom. The van der Waals surface area contributed by atoms with Crippen molar-refractivity contribution in [1.82, 2.24) is 14.8 Å². The quantitative estimate of drug-likeness (QED) is 0.641. The highest BCUT2D eigenvalue weighted by Gasteiger charge is 2.56. The molecule has 1 aromatic heterocycles. The van der Waals surface area contributed by atoms with Crippen LogP contribution in [0, 0.1) is 6.92 Å². The van der Waals surface area contributed by atoms with Gasteiger partial charge in [-0.1, -0.05) is 17.7 Å². The molecule has 0 amide bonds. The minimum absolute atomic E-state index is 0.0154. The summed E-state index contributed by atoms with van der Waals surface area (Å²) in [5, 5.41) is 3.81. The smallest absolute Gasteiger partial charge is 0.345 e. The molecule has 1 N–H and O–H groups in total. The van der Waals surface area contributed by atoms with Crippen LogP contribution in [0.25, 0.3) is 0 Å². The Morgan fingerprint density at radius 2 is 1.83 bits per heavy atom. The molecule has 0 spiro atoms. The number of aromatic amines is 1. The van der Waals surface area contributed by atoms with Crippen LogP contribution in [0.5, 0.6) is 0 Å². The highest BCUT2D eigenvalue weighted by molar-refractivity contribution is 7.86. The maximum atomic E-state index is 12.5. The van der Waals surface area contributed by atoms with E-state index in [-0.39, 0.29) is 11.5 Å². The second-order valence-electron chi connectivity index (χ2n) is 7.57. The molecule has 2 aliphatic heterocycles. The molecule has 30 heavy (non-hydrogen) atoms. The van der Waals surface area contributed by atoms with Gasteiger partial charge in [-0.2, -0.15) is 18.2 Å². The molecular weight excluding hydrogens is 418 g/mol. The molecule has 12 heteroatoms. The van der Waals surface area contributed by atoms with Gasteiger partial charge in [0.05, 0.1) is 11.5 Å².